The van der Waals surface area contributed by atoms with E-state index in [1.165, 1.54) is 7.11 Å². The van der Waals surface area contributed by atoms with E-state index in [0.717, 1.165) is 33.3 Å². The molecule has 0 saturated heterocycles. The second kappa shape index (κ2) is 11.1. The fourth-order valence-electron chi connectivity index (χ4n) is 3.62. The molecule has 0 fully saturated rings. The first-order valence-corrected chi connectivity index (χ1v) is 11.1. The molecule has 0 bridgehead atoms. The average molecular weight is 471 g/mol. The zero-order valence-electron chi connectivity index (χ0n) is 19.6. The number of amides is 1. The molecule has 178 valence electrons. The summed E-state index contributed by atoms with van der Waals surface area (Å²) in [5.74, 6) is 0.0513. The Hall–Kier alpha value is -4.52. The Bertz CT molecular complexity index is 1340. The summed E-state index contributed by atoms with van der Waals surface area (Å²) in [4.78, 5) is 24.7. The number of benzene rings is 3. The molecule has 0 unspecified atom stereocenters. The van der Waals surface area contributed by atoms with Gasteiger partial charge in [-0.05, 0) is 29.3 Å². The molecule has 1 heterocycles. The summed E-state index contributed by atoms with van der Waals surface area (Å²) in [6.45, 7) is 0.548. The van der Waals surface area contributed by atoms with Crippen molar-refractivity contribution >= 4 is 29.0 Å². The lowest BCUT2D eigenvalue weighted by molar-refractivity contribution is -0.136. The molecule has 0 aliphatic rings. The normalized spacial score (nSPS) is 11.2. The second-order valence-corrected chi connectivity index (χ2v) is 7.88. The summed E-state index contributed by atoms with van der Waals surface area (Å²) in [7, 11) is 3.16. The third-order valence-corrected chi connectivity index (χ3v) is 5.40. The Morgan fingerprint density at radius 1 is 0.914 bits per heavy atom. The third kappa shape index (κ3) is 6.09. The molecule has 0 aliphatic heterocycles. The van der Waals surface area contributed by atoms with Gasteiger partial charge >= 0.3 is 12.1 Å². The van der Waals surface area contributed by atoms with E-state index < -0.39 is 12.1 Å². The fourth-order valence-corrected chi connectivity index (χ4v) is 3.62. The standard InChI is InChI=1S/C28H26N2O5/c1-30-17-22(24-14-13-23(16-26(24)30)34-18-20-9-5-3-6-10-20)15-25(27(31)33-2)29-28(32)35-19-21-11-7-4-8-12-21/h3-17H,18-19H2,1-2H3,(H,29,32)/b25-15-. The van der Waals surface area contributed by atoms with Crippen LogP contribution in [-0.4, -0.2) is 23.7 Å². The van der Waals surface area contributed by atoms with Gasteiger partial charge in [0.25, 0.3) is 0 Å². The molecule has 1 aromatic heterocycles. The van der Waals surface area contributed by atoms with Gasteiger partial charge in [0.05, 0.1) is 12.6 Å². The minimum atomic E-state index is -0.748. The molecule has 0 radical (unpaired) electrons. The van der Waals surface area contributed by atoms with Gasteiger partial charge in [-0.15, -0.1) is 0 Å². The van der Waals surface area contributed by atoms with Crippen LogP contribution in [0.25, 0.3) is 17.0 Å². The number of nitrogens with zero attached hydrogens (tertiary/aromatic N) is 1. The van der Waals surface area contributed by atoms with E-state index in [0.29, 0.717) is 6.61 Å². The van der Waals surface area contributed by atoms with Gasteiger partial charge in [0.1, 0.15) is 24.7 Å². The first-order chi connectivity index (χ1) is 17.0. The third-order valence-electron chi connectivity index (χ3n) is 5.40. The van der Waals surface area contributed by atoms with Crippen LogP contribution in [0, 0.1) is 0 Å². The number of alkyl carbamates (subject to hydrolysis) is 1. The van der Waals surface area contributed by atoms with Gasteiger partial charge in [0.15, 0.2) is 0 Å². The van der Waals surface area contributed by atoms with Crippen LogP contribution in [0.15, 0.2) is 90.8 Å². The molecule has 0 atom stereocenters. The maximum Gasteiger partial charge on any atom is 0.412 e. The van der Waals surface area contributed by atoms with Crippen LogP contribution in [0.3, 0.4) is 0 Å². The van der Waals surface area contributed by atoms with E-state index in [2.05, 4.69) is 5.32 Å². The summed E-state index contributed by atoms with van der Waals surface area (Å²) in [6.07, 6.45) is 2.69. The average Bonchev–Trinajstić information content (AvgIpc) is 3.21. The highest BCUT2D eigenvalue weighted by Crippen LogP contribution is 2.27. The Morgan fingerprint density at radius 2 is 1.57 bits per heavy atom. The van der Waals surface area contributed by atoms with Crippen molar-refractivity contribution in [3.05, 3.63) is 107 Å². The van der Waals surface area contributed by atoms with Gasteiger partial charge in [0, 0.05) is 30.3 Å². The Kier molecular flexibility index (Phi) is 7.47. The van der Waals surface area contributed by atoms with E-state index in [9.17, 15) is 9.59 Å². The SMILES string of the molecule is COC(=O)/C(=C/c1cn(C)c2cc(OCc3ccccc3)ccc12)NC(=O)OCc1ccccc1. The van der Waals surface area contributed by atoms with Crippen LogP contribution in [0.2, 0.25) is 0 Å². The number of rotatable bonds is 8. The lowest BCUT2D eigenvalue weighted by atomic mass is 10.1. The summed E-state index contributed by atoms with van der Waals surface area (Å²) in [5, 5.41) is 3.39. The number of hydrogen-bond acceptors (Lipinski definition) is 5. The Labute approximate surface area is 203 Å². The van der Waals surface area contributed by atoms with Crippen LogP contribution >= 0.6 is 0 Å². The fraction of sp³-hybridized carbons (Fsp3) is 0.143. The van der Waals surface area contributed by atoms with Crippen molar-refractivity contribution in [1.29, 1.82) is 0 Å². The Balaban J connectivity index is 1.51. The predicted octanol–water partition coefficient (Wildman–Crippen LogP) is 5.20. The number of hydrogen-bond donors (Lipinski definition) is 1. The number of esters is 1. The summed E-state index contributed by atoms with van der Waals surface area (Å²) in [5.41, 5.74) is 3.54. The summed E-state index contributed by atoms with van der Waals surface area (Å²) in [6, 6.07) is 25.0. The molecule has 7 heteroatoms. The monoisotopic (exact) mass is 470 g/mol. The molecule has 1 N–H and O–H groups in total. The second-order valence-electron chi connectivity index (χ2n) is 7.88. The number of carbonyl (C=O) groups excluding carboxylic acids is 2. The molecule has 3 aromatic carbocycles. The molecule has 4 aromatic rings. The zero-order chi connectivity index (χ0) is 24.6. The van der Waals surface area contributed by atoms with Crippen molar-refractivity contribution in [2.24, 2.45) is 7.05 Å². The molecule has 0 saturated carbocycles. The first-order valence-electron chi connectivity index (χ1n) is 11.1. The van der Waals surface area contributed by atoms with Crippen LogP contribution in [0.4, 0.5) is 4.79 Å². The van der Waals surface area contributed by atoms with Gasteiger partial charge < -0.3 is 18.8 Å². The van der Waals surface area contributed by atoms with E-state index in [1.54, 1.807) is 6.08 Å². The largest absolute Gasteiger partial charge is 0.489 e. The smallest absolute Gasteiger partial charge is 0.412 e. The number of methoxy groups -OCH3 is 1. The quantitative estimate of drug-likeness (QED) is 0.283. The van der Waals surface area contributed by atoms with Gasteiger partial charge in [-0.1, -0.05) is 60.7 Å². The summed E-state index contributed by atoms with van der Waals surface area (Å²) < 4.78 is 18.0. The van der Waals surface area contributed by atoms with Crippen molar-refractivity contribution < 1.29 is 23.8 Å². The zero-order valence-corrected chi connectivity index (χ0v) is 19.6. The maximum atomic E-state index is 12.4. The molecule has 0 spiro atoms. The number of aryl methyl sites for hydroxylation is 1. The van der Waals surface area contributed by atoms with Gasteiger partial charge in [0.2, 0.25) is 0 Å². The topological polar surface area (TPSA) is 78.8 Å². The predicted molar refractivity (Wildman–Crippen MR) is 133 cm³/mol. The minimum Gasteiger partial charge on any atom is -0.489 e. The van der Waals surface area contributed by atoms with Gasteiger partial charge in [-0.25, -0.2) is 9.59 Å². The number of carbonyl (C=O) groups is 2. The number of ether oxygens (including phenoxy) is 3. The van der Waals surface area contributed by atoms with Crippen molar-refractivity contribution in [3.8, 4) is 5.75 Å². The maximum absolute atomic E-state index is 12.4. The van der Waals surface area contributed by atoms with Crippen molar-refractivity contribution in [2.45, 2.75) is 13.2 Å². The molecule has 0 aliphatic carbocycles. The molecule has 1 amide bonds. The lowest BCUT2D eigenvalue weighted by Gasteiger charge is -2.09. The van der Waals surface area contributed by atoms with Gasteiger partial charge in [-0.3, -0.25) is 5.32 Å². The Morgan fingerprint density at radius 3 is 2.23 bits per heavy atom. The van der Waals surface area contributed by atoms with Gasteiger partial charge in [-0.2, -0.15) is 0 Å². The number of aromatic nitrogens is 1. The minimum absolute atomic E-state index is 0.0255. The van der Waals surface area contributed by atoms with E-state index in [4.69, 9.17) is 14.2 Å². The van der Waals surface area contributed by atoms with Crippen LogP contribution in [0.5, 0.6) is 5.75 Å². The van der Waals surface area contributed by atoms with Crippen molar-refractivity contribution in [1.82, 2.24) is 9.88 Å². The highest BCUT2D eigenvalue weighted by molar-refractivity contribution is 6.00. The highest BCUT2D eigenvalue weighted by Gasteiger charge is 2.16. The molecular weight excluding hydrogens is 444 g/mol. The molecule has 7 nitrogen and oxygen atoms in total. The van der Waals surface area contributed by atoms with E-state index in [-0.39, 0.29) is 12.3 Å². The van der Waals surface area contributed by atoms with Crippen LogP contribution < -0.4 is 10.1 Å². The lowest BCUT2D eigenvalue weighted by Crippen LogP contribution is -2.28. The number of fused-ring (bicyclic) bond motifs is 1. The van der Waals surface area contributed by atoms with Crippen molar-refractivity contribution in [2.75, 3.05) is 7.11 Å². The number of nitrogens with one attached hydrogen (secondary N) is 1. The summed E-state index contributed by atoms with van der Waals surface area (Å²) >= 11 is 0. The molecule has 35 heavy (non-hydrogen) atoms. The van der Waals surface area contributed by atoms with E-state index >= 15 is 0 Å². The molecular formula is C28H26N2O5. The molecule has 4 rings (SSSR count). The first kappa shape index (κ1) is 23.6. The van der Waals surface area contributed by atoms with E-state index in [1.807, 2.05) is 96.7 Å². The van der Waals surface area contributed by atoms with Crippen molar-refractivity contribution in [3.63, 3.8) is 0 Å². The van der Waals surface area contributed by atoms with Crippen LogP contribution in [-0.2, 0) is 34.5 Å². The highest BCUT2D eigenvalue weighted by atomic mass is 16.6. The van der Waals surface area contributed by atoms with Crippen LogP contribution in [0.1, 0.15) is 16.7 Å².